The largest absolute Gasteiger partial charge is 0.360 e. The molecule has 0 unspecified atom stereocenters. The van der Waals surface area contributed by atoms with E-state index in [1.165, 1.54) is 18.2 Å². The molecular weight excluding hydrogens is 344 g/mol. The monoisotopic (exact) mass is 361 g/mol. The van der Waals surface area contributed by atoms with Crippen molar-refractivity contribution in [1.82, 2.24) is 0 Å². The number of benzene rings is 2. The number of fused-ring (bicyclic) bond motifs is 1. The summed E-state index contributed by atoms with van der Waals surface area (Å²) in [5.41, 5.74) is 1.36. The first-order valence-corrected chi connectivity index (χ1v) is 8.13. The van der Waals surface area contributed by atoms with Gasteiger partial charge in [-0.2, -0.15) is 0 Å². The topological polar surface area (TPSA) is 75.5 Å². The minimum atomic E-state index is -0.695. The number of halogens is 2. The number of nitro benzene ring substituents is 1. The fourth-order valence-electron chi connectivity index (χ4n) is 3.21. The minimum absolute atomic E-state index is 0.0902. The Morgan fingerprint density at radius 3 is 2.85 bits per heavy atom. The lowest BCUT2D eigenvalue weighted by molar-refractivity contribution is -0.385. The van der Waals surface area contributed by atoms with Crippen LogP contribution in [0.5, 0.6) is 0 Å². The van der Waals surface area contributed by atoms with Gasteiger partial charge in [-0.15, -0.1) is 0 Å². The molecule has 3 rings (SSSR count). The number of carbonyl (C=O) groups is 1. The highest BCUT2D eigenvalue weighted by Crippen LogP contribution is 2.31. The highest BCUT2D eigenvalue weighted by atomic mass is 19.1. The Morgan fingerprint density at radius 1 is 1.35 bits per heavy atom. The summed E-state index contributed by atoms with van der Waals surface area (Å²) in [6, 6.07) is 6.50. The van der Waals surface area contributed by atoms with E-state index in [0.717, 1.165) is 6.07 Å². The number of nitrogens with one attached hydrogen (secondary N) is 1. The number of nitro groups is 1. The fourth-order valence-corrected chi connectivity index (χ4v) is 3.21. The zero-order valence-corrected chi connectivity index (χ0v) is 14.1. The van der Waals surface area contributed by atoms with Gasteiger partial charge in [-0.1, -0.05) is 6.07 Å². The predicted molar refractivity (Wildman–Crippen MR) is 93.4 cm³/mol. The maximum Gasteiger partial charge on any atom is 0.274 e. The number of hydrogen-bond donors (Lipinski definition) is 1. The standard InChI is InChI=1S/C18H17F2N3O3/c1-11-15(5-2-6-16(11)23(25)26)21-17(24)10-22-7-3-4-12-8-13(19)9-14(20)18(12)22/h2,5-6,8-9H,3-4,7,10H2,1H3,(H,21,24). The van der Waals surface area contributed by atoms with Crippen molar-refractivity contribution in [3.63, 3.8) is 0 Å². The Bertz CT molecular complexity index is 886. The van der Waals surface area contributed by atoms with Crippen molar-refractivity contribution < 1.29 is 18.5 Å². The molecule has 26 heavy (non-hydrogen) atoms. The number of hydrogen-bond acceptors (Lipinski definition) is 4. The molecule has 1 amide bonds. The van der Waals surface area contributed by atoms with Crippen LogP contribution in [-0.4, -0.2) is 23.9 Å². The van der Waals surface area contributed by atoms with Crippen LogP contribution in [0.25, 0.3) is 0 Å². The average Bonchev–Trinajstić information content (AvgIpc) is 2.56. The number of rotatable bonds is 4. The third-order valence-electron chi connectivity index (χ3n) is 4.41. The van der Waals surface area contributed by atoms with Crippen LogP contribution in [0.3, 0.4) is 0 Å². The quantitative estimate of drug-likeness (QED) is 0.667. The molecule has 0 atom stereocenters. The lowest BCUT2D eigenvalue weighted by atomic mass is 10.0. The Morgan fingerprint density at radius 2 is 2.12 bits per heavy atom. The molecule has 2 aromatic rings. The van der Waals surface area contributed by atoms with Crippen molar-refractivity contribution in [3.8, 4) is 0 Å². The number of carbonyl (C=O) groups excluding carboxylic acids is 1. The molecule has 1 aliphatic heterocycles. The van der Waals surface area contributed by atoms with Crippen molar-refractivity contribution in [2.45, 2.75) is 19.8 Å². The molecule has 0 fully saturated rings. The molecule has 0 radical (unpaired) electrons. The molecule has 1 aliphatic rings. The molecule has 8 heteroatoms. The first-order valence-electron chi connectivity index (χ1n) is 8.13. The molecule has 1 heterocycles. The Balaban J connectivity index is 1.79. The van der Waals surface area contributed by atoms with E-state index in [0.29, 0.717) is 36.2 Å². The van der Waals surface area contributed by atoms with Crippen LogP contribution in [-0.2, 0) is 11.2 Å². The maximum absolute atomic E-state index is 14.2. The van der Waals surface area contributed by atoms with Gasteiger partial charge in [-0.3, -0.25) is 14.9 Å². The second-order valence-electron chi connectivity index (χ2n) is 6.18. The molecule has 2 aromatic carbocycles. The van der Waals surface area contributed by atoms with Crippen LogP contribution in [0.4, 0.5) is 25.8 Å². The highest BCUT2D eigenvalue weighted by molar-refractivity contribution is 5.95. The lowest BCUT2D eigenvalue weighted by Gasteiger charge is -2.31. The van der Waals surface area contributed by atoms with Gasteiger partial charge < -0.3 is 10.2 Å². The van der Waals surface area contributed by atoms with Gasteiger partial charge in [0, 0.05) is 18.7 Å². The van der Waals surface area contributed by atoms with Gasteiger partial charge in [-0.05, 0) is 37.5 Å². The summed E-state index contributed by atoms with van der Waals surface area (Å²) >= 11 is 0. The van der Waals surface area contributed by atoms with Crippen LogP contribution < -0.4 is 10.2 Å². The molecule has 0 spiro atoms. The molecule has 6 nitrogen and oxygen atoms in total. The van der Waals surface area contributed by atoms with Gasteiger partial charge in [0.15, 0.2) is 0 Å². The summed E-state index contributed by atoms with van der Waals surface area (Å²) in [5, 5.41) is 13.6. The Labute approximate surface area is 148 Å². The van der Waals surface area contributed by atoms with Crippen molar-refractivity contribution in [3.05, 3.63) is 63.2 Å². The average molecular weight is 361 g/mol. The first-order chi connectivity index (χ1) is 12.4. The van der Waals surface area contributed by atoms with E-state index in [2.05, 4.69) is 5.32 Å². The van der Waals surface area contributed by atoms with Crippen molar-refractivity contribution in [1.29, 1.82) is 0 Å². The van der Waals surface area contributed by atoms with E-state index in [9.17, 15) is 23.7 Å². The van der Waals surface area contributed by atoms with E-state index < -0.39 is 22.5 Å². The van der Waals surface area contributed by atoms with Gasteiger partial charge in [0.2, 0.25) is 5.91 Å². The molecule has 136 valence electrons. The van der Waals surface area contributed by atoms with E-state index in [-0.39, 0.29) is 17.9 Å². The Kier molecular flexibility index (Phi) is 4.83. The summed E-state index contributed by atoms with van der Waals surface area (Å²) in [6.45, 7) is 1.89. The molecule has 0 saturated heterocycles. The summed E-state index contributed by atoms with van der Waals surface area (Å²) in [4.78, 5) is 24.4. The van der Waals surface area contributed by atoms with Gasteiger partial charge in [0.25, 0.3) is 5.69 Å². The minimum Gasteiger partial charge on any atom is -0.360 e. The molecule has 0 bridgehead atoms. The number of aryl methyl sites for hydroxylation is 1. The van der Waals surface area contributed by atoms with E-state index >= 15 is 0 Å². The number of anilines is 2. The third-order valence-corrected chi connectivity index (χ3v) is 4.41. The molecule has 0 aromatic heterocycles. The van der Waals surface area contributed by atoms with E-state index in [1.807, 2.05) is 0 Å². The second kappa shape index (κ2) is 7.07. The lowest BCUT2D eigenvalue weighted by Crippen LogP contribution is -2.37. The number of nitrogens with zero attached hydrogens (tertiary/aromatic N) is 2. The summed E-state index contributed by atoms with van der Waals surface area (Å²) in [5.74, 6) is -1.76. The van der Waals surface area contributed by atoms with Crippen molar-refractivity contribution in [2.24, 2.45) is 0 Å². The van der Waals surface area contributed by atoms with Gasteiger partial charge in [0.1, 0.15) is 11.6 Å². The van der Waals surface area contributed by atoms with Crippen molar-refractivity contribution >= 4 is 23.0 Å². The highest BCUT2D eigenvalue weighted by Gasteiger charge is 2.24. The molecular formula is C18H17F2N3O3. The maximum atomic E-state index is 14.2. The van der Waals surface area contributed by atoms with E-state index in [4.69, 9.17) is 0 Å². The zero-order valence-electron chi connectivity index (χ0n) is 14.1. The Hall–Kier alpha value is -3.03. The van der Waals surface area contributed by atoms with Gasteiger partial charge in [0.05, 0.1) is 28.4 Å². The van der Waals surface area contributed by atoms with Crippen LogP contribution >= 0.6 is 0 Å². The molecule has 1 N–H and O–H groups in total. The van der Waals surface area contributed by atoms with Crippen LogP contribution in [0.2, 0.25) is 0 Å². The van der Waals surface area contributed by atoms with Gasteiger partial charge in [-0.25, -0.2) is 8.78 Å². The fraction of sp³-hybridized carbons (Fsp3) is 0.278. The molecule has 0 saturated carbocycles. The predicted octanol–water partition coefficient (Wildman–Crippen LogP) is 3.57. The number of amides is 1. The van der Waals surface area contributed by atoms with Crippen LogP contribution in [0, 0.1) is 28.7 Å². The smallest absolute Gasteiger partial charge is 0.274 e. The third kappa shape index (κ3) is 3.49. The van der Waals surface area contributed by atoms with Crippen LogP contribution in [0.15, 0.2) is 30.3 Å². The SMILES string of the molecule is Cc1c(NC(=O)CN2CCCc3cc(F)cc(F)c32)cccc1[N+](=O)[O-]. The second-order valence-corrected chi connectivity index (χ2v) is 6.18. The molecule has 0 aliphatic carbocycles. The summed E-state index contributed by atoms with van der Waals surface area (Å²) in [7, 11) is 0. The van der Waals surface area contributed by atoms with Gasteiger partial charge >= 0.3 is 0 Å². The van der Waals surface area contributed by atoms with Crippen LogP contribution in [0.1, 0.15) is 17.5 Å². The van der Waals surface area contributed by atoms with E-state index in [1.54, 1.807) is 17.9 Å². The first kappa shape index (κ1) is 17.8. The normalized spacial score (nSPS) is 13.3. The summed E-state index contributed by atoms with van der Waals surface area (Å²) in [6.07, 6.45) is 1.23. The van der Waals surface area contributed by atoms with Crippen molar-refractivity contribution in [2.75, 3.05) is 23.3 Å². The zero-order chi connectivity index (χ0) is 18.8. The summed E-state index contributed by atoms with van der Waals surface area (Å²) < 4.78 is 27.6.